The molecule has 0 amide bonds. The lowest BCUT2D eigenvalue weighted by atomic mass is 10.0. The van der Waals surface area contributed by atoms with Crippen LogP contribution in [-0.4, -0.2) is 24.1 Å². The number of hydrogen-bond donors (Lipinski definition) is 1. The summed E-state index contributed by atoms with van der Waals surface area (Å²) in [6.45, 7) is 9.02. The van der Waals surface area contributed by atoms with Gasteiger partial charge in [0.25, 0.3) is 0 Å². The zero-order valence-electron chi connectivity index (χ0n) is 11.8. The predicted molar refractivity (Wildman–Crippen MR) is 76.7 cm³/mol. The molecule has 1 aromatic rings. The molecule has 3 atom stereocenters. The van der Waals surface area contributed by atoms with Crippen LogP contribution in [0, 0.1) is 11.8 Å². The van der Waals surface area contributed by atoms with Crippen molar-refractivity contribution in [2.75, 3.05) is 18.0 Å². The van der Waals surface area contributed by atoms with E-state index in [4.69, 9.17) is 5.73 Å². The summed E-state index contributed by atoms with van der Waals surface area (Å²) >= 11 is 0. The van der Waals surface area contributed by atoms with E-state index in [-0.39, 0.29) is 6.04 Å². The molecule has 2 heterocycles. The molecule has 0 spiro atoms. The van der Waals surface area contributed by atoms with E-state index in [1.807, 2.05) is 6.20 Å². The Labute approximate surface area is 110 Å². The molecule has 1 saturated heterocycles. The lowest BCUT2D eigenvalue weighted by Gasteiger charge is -2.17. The second-order valence-corrected chi connectivity index (χ2v) is 5.76. The molecule has 0 radical (unpaired) electrons. The van der Waals surface area contributed by atoms with Gasteiger partial charge in [-0.15, -0.1) is 0 Å². The van der Waals surface area contributed by atoms with Crippen LogP contribution in [0.5, 0.6) is 0 Å². The van der Waals surface area contributed by atoms with E-state index in [0.717, 1.165) is 43.6 Å². The Hall–Kier alpha value is -1.09. The number of rotatable bonds is 4. The smallest absolute Gasteiger partial charge is 0.128 e. The van der Waals surface area contributed by atoms with E-state index in [2.05, 4.69) is 42.8 Å². The topological polar surface area (TPSA) is 42.1 Å². The van der Waals surface area contributed by atoms with E-state index in [1.54, 1.807) is 0 Å². The van der Waals surface area contributed by atoms with Crippen LogP contribution in [0.2, 0.25) is 0 Å². The summed E-state index contributed by atoms with van der Waals surface area (Å²) < 4.78 is 0. The van der Waals surface area contributed by atoms with Crippen molar-refractivity contribution in [3.05, 3.63) is 23.9 Å². The van der Waals surface area contributed by atoms with E-state index in [1.165, 1.54) is 5.56 Å². The first kappa shape index (κ1) is 13.3. The summed E-state index contributed by atoms with van der Waals surface area (Å²) in [6, 6.07) is 4.57. The molecule has 1 fully saturated rings. The molecular weight excluding hydrogens is 222 g/mol. The molecular formula is C15H25N3. The molecule has 3 unspecified atom stereocenters. The molecule has 18 heavy (non-hydrogen) atoms. The standard InChI is InChI=1S/C15H25N3/c1-4-14(16)7-13-5-6-15(17-8-13)18-9-11(2)12(3)10-18/h5-6,8,11-12,14H,4,7,9-10,16H2,1-3H3. The minimum absolute atomic E-state index is 0.254. The molecule has 3 nitrogen and oxygen atoms in total. The molecule has 3 heteroatoms. The monoisotopic (exact) mass is 247 g/mol. The Bertz CT molecular complexity index is 364. The molecule has 2 N–H and O–H groups in total. The highest BCUT2D eigenvalue weighted by atomic mass is 15.2. The number of nitrogens with zero attached hydrogens (tertiary/aromatic N) is 2. The zero-order valence-corrected chi connectivity index (χ0v) is 11.8. The van der Waals surface area contributed by atoms with Crippen molar-refractivity contribution in [2.45, 2.75) is 39.7 Å². The van der Waals surface area contributed by atoms with Crippen LogP contribution >= 0.6 is 0 Å². The highest BCUT2D eigenvalue weighted by molar-refractivity contribution is 5.40. The third-order valence-corrected chi connectivity index (χ3v) is 4.14. The fraction of sp³-hybridized carbons (Fsp3) is 0.667. The second kappa shape index (κ2) is 5.70. The summed E-state index contributed by atoms with van der Waals surface area (Å²) in [5.41, 5.74) is 7.21. The van der Waals surface area contributed by atoms with Crippen LogP contribution in [0.3, 0.4) is 0 Å². The molecule has 0 saturated carbocycles. The van der Waals surface area contributed by atoms with Gasteiger partial charge in [0.2, 0.25) is 0 Å². The van der Waals surface area contributed by atoms with Crippen molar-refractivity contribution in [2.24, 2.45) is 17.6 Å². The van der Waals surface area contributed by atoms with Crippen LogP contribution in [0.25, 0.3) is 0 Å². The fourth-order valence-electron chi connectivity index (χ4n) is 2.49. The highest BCUT2D eigenvalue weighted by Crippen LogP contribution is 2.26. The van der Waals surface area contributed by atoms with Crippen LogP contribution in [0.1, 0.15) is 32.8 Å². The third kappa shape index (κ3) is 3.02. The van der Waals surface area contributed by atoms with Crippen molar-refractivity contribution >= 4 is 5.82 Å². The summed E-state index contributed by atoms with van der Waals surface area (Å²) in [4.78, 5) is 6.98. The Balaban J connectivity index is 2.00. The second-order valence-electron chi connectivity index (χ2n) is 5.76. The van der Waals surface area contributed by atoms with Crippen LogP contribution in [0.4, 0.5) is 5.82 Å². The molecule has 100 valence electrons. The normalized spacial score (nSPS) is 25.4. The average molecular weight is 247 g/mol. The predicted octanol–water partition coefficient (Wildman–Crippen LogP) is 2.45. The average Bonchev–Trinajstić information content (AvgIpc) is 2.70. The van der Waals surface area contributed by atoms with Gasteiger partial charge >= 0.3 is 0 Å². The molecule has 2 rings (SSSR count). The van der Waals surface area contributed by atoms with Crippen molar-refractivity contribution in [3.63, 3.8) is 0 Å². The van der Waals surface area contributed by atoms with Crippen molar-refractivity contribution in [1.29, 1.82) is 0 Å². The summed E-state index contributed by atoms with van der Waals surface area (Å²) in [6.07, 6.45) is 3.93. The Morgan fingerprint density at radius 2 is 2.00 bits per heavy atom. The first-order chi connectivity index (χ1) is 8.60. The van der Waals surface area contributed by atoms with Gasteiger partial charge in [-0.1, -0.05) is 26.8 Å². The molecule has 1 aliphatic heterocycles. The van der Waals surface area contributed by atoms with Crippen LogP contribution in [-0.2, 0) is 6.42 Å². The number of anilines is 1. The summed E-state index contributed by atoms with van der Waals surface area (Å²) in [5, 5.41) is 0. The SMILES string of the molecule is CCC(N)Cc1ccc(N2CC(C)C(C)C2)nc1. The largest absolute Gasteiger partial charge is 0.356 e. The highest BCUT2D eigenvalue weighted by Gasteiger charge is 2.26. The van der Waals surface area contributed by atoms with Gasteiger partial charge in [0.1, 0.15) is 5.82 Å². The van der Waals surface area contributed by atoms with E-state index >= 15 is 0 Å². The van der Waals surface area contributed by atoms with Crippen molar-refractivity contribution < 1.29 is 0 Å². The van der Waals surface area contributed by atoms with Gasteiger partial charge in [-0.3, -0.25) is 0 Å². The van der Waals surface area contributed by atoms with Gasteiger partial charge in [0.05, 0.1) is 0 Å². The zero-order chi connectivity index (χ0) is 13.1. The van der Waals surface area contributed by atoms with Gasteiger partial charge < -0.3 is 10.6 Å². The molecule has 0 aromatic carbocycles. The number of hydrogen-bond acceptors (Lipinski definition) is 3. The van der Waals surface area contributed by atoms with Crippen molar-refractivity contribution in [1.82, 2.24) is 4.98 Å². The molecule has 1 aromatic heterocycles. The van der Waals surface area contributed by atoms with Gasteiger partial charge in [0, 0.05) is 25.3 Å². The maximum absolute atomic E-state index is 5.96. The van der Waals surface area contributed by atoms with E-state index < -0.39 is 0 Å². The van der Waals surface area contributed by atoms with Gasteiger partial charge in [-0.2, -0.15) is 0 Å². The van der Waals surface area contributed by atoms with Gasteiger partial charge in [0.15, 0.2) is 0 Å². The van der Waals surface area contributed by atoms with Crippen LogP contribution < -0.4 is 10.6 Å². The third-order valence-electron chi connectivity index (χ3n) is 4.14. The van der Waals surface area contributed by atoms with Gasteiger partial charge in [-0.05, 0) is 36.3 Å². The maximum Gasteiger partial charge on any atom is 0.128 e. The van der Waals surface area contributed by atoms with Crippen molar-refractivity contribution in [3.8, 4) is 0 Å². The van der Waals surface area contributed by atoms with E-state index in [0.29, 0.717) is 0 Å². The van der Waals surface area contributed by atoms with Gasteiger partial charge in [-0.25, -0.2) is 4.98 Å². The van der Waals surface area contributed by atoms with Crippen LogP contribution in [0.15, 0.2) is 18.3 Å². The maximum atomic E-state index is 5.96. The Morgan fingerprint density at radius 3 is 2.50 bits per heavy atom. The lowest BCUT2D eigenvalue weighted by molar-refractivity contribution is 0.494. The number of pyridine rings is 1. The first-order valence-corrected chi connectivity index (χ1v) is 7.05. The minimum Gasteiger partial charge on any atom is -0.356 e. The Kier molecular flexibility index (Phi) is 4.23. The molecule has 1 aliphatic rings. The minimum atomic E-state index is 0.254. The summed E-state index contributed by atoms with van der Waals surface area (Å²) in [7, 11) is 0. The number of nitrogens with two attached hydrogens (primary N) is 1. The lowest BCUT2D eigenvalue weighted by Crippen LogP contribution is -2.22. The van der Waals surface area contributed by atoms with E-state index in [9.17, 15) is 0 Å². The first-order valence-electron chi connectivity index (χ1n) is 7.05. The summed E-state index contributed by atoms with van der Waals surface area (Å²) in [5.74, 6) is 2.64. The molecule has 0 bridgehead atoms. The number of aromatic nitrogens is 1. The molecule has 0 aliphatic carbocycles. The fourth-order valence-corrected chi connectivity index (χ4v) is 2.49. The Morgan fingerprint density at radius 1 is 1.33 bits per heavy atom. The quantitative estimate of drug-likeness (QED) is 0.888.